The van der Waals surface area contributed by atoms with Crippen LogP contribution in [-0.4, -0.2) is 10.5 Å². The third-order valence-corrected chi connectivity index (χ3v) is 5.13. The Morgan fingerprint density at radius 2 is 1.70 bits per heavy atom. The molecule has 0 bridgehead atoms. The van der Waals surface area contributed by atoms with Crippen LogP contribution in [0, 0.1) is 11.3 Å². The van der Waals surface area contributed by atoms with Crippen molar-refractivity contribution in [2.75, 3.05) is 5.32 Å². The fourth-order valence-electron chi connectivity index (χ4n) is 3.36. The topological polar surface area (TPSA) is 57.8 Å². The van der Waals surface area contributed by atoms with Crippen LogP contribution in [0.15, 0.2) is 90.6 Å². The lowest BCUT2D eigenvalue weighted by molar-refractivity contribution is -0.112. The predicted octanol–water partition coefficient (Wildman–Crippen LogP) is 5.89. The third kappa shape index (κ3) is 4.12. The number of benzene rings is 3. The summed E-state index contributed by atoms with van der Waals surface area (Å²) in [7, 11) is 0. The van der Waals surface area contributed by atoms with Gasteiger partial charge >= 0.3 is 0 Å². The van der Waals surface area contributed by atoms with E-state index in [1.807, 2.05) is 54.7 Å². The van der Waals surface area contributed by atoms with Crippen LogP contribution in [0.25, 0.3) is 17.0 Å². The Balaban J connectivity index is 1.69. The van der Waals surface area contributed by atoms with Crippen LogP contribution in [0.5, 0.6) is 0 Å². The number of carbonyl (C=O) groups excluding carboxylic acids is 1. The molecule has 3 aromatic carbocycles. The Hall–Kier alpha value is -3.81. The highest BCUT2D eigenvalue weighted by Gasteiger charge is 2.14. The Morgan fingerprint density at radius 1 is 1.00 bits per heavy atom. The molecule has 30 heavy (non-hydrogen) atoms. The first-order valence-corrected chi connectivity index (χ1v) is 9.83. The summed E-state index contributed by atoms with van der Waals surface area (Å²) in [4.78, 5) is 12.7. The summed E-state index contributed by atoms with van der Waals surface area (Å²) in [6.45, 7) is 0.697. The minimum Gasteiger partial charge on any atom is -0.342 e. The number of nitrogens with one attached hydrogen (secondary N) is 1. The first-order valence-electron chi connectivity index (χ1n) is 9.45. The molecule has 0 spiro atoms. The number of anilines is 1. The molecule has 0 saturated heterocycles. The van der Waals surface area contributed by atoms with Crippen LogP contribution in [-0.2, 0) is 11.3 Å². The molecule has 0 aliphatic rings. The first kappa shape index (κ1) is 19.5. The second-order valence-corrected chi connectivity index (χ2v) is 7.23. The minimum atomic E-state index is -0.495. The summed E-state index contributed by atoms with van der Waals surface area (Å²) in [6.07, 6.45) is 3.59. The van der Waals surface area contributed by atoms with Gasteiger partial charge in [0, 0.05) is 29.2 Å². The second kappa shape index (κ2) is 8.69. The van der Waals surface area contributed by atoms with Crippen LogP contribution in [0.3, 0.4) is 0 Å². The molecule has 1 N–H and O–H groups in total. The number of fused-ring (bicyclic) bond motifs is 1. The highest BCUT2D eigenvalue weighted by molar-refractivity contribution is 6.34. The molecule has 1 amide bonds. The number of carbonyl (C=O) groups is 1. The summed E-state index contributed by atoms with van der Waals surface area (Å²) in [6, 6.07) is 27.0. The number of aromatic nitrogens is 1. The van der Waals surface area contributed by atoms with Crippen molar-refractivity contribution in [2.24, 2.45) is 0 Å². The smallest absolute Gasteiger partial charge is 0.266 e. The van der Waals surface area contributed by atoms with Gasteiger partial charge in [0.05, 0.1) is 10.7 Å². The van der Waals surface area contributed by atoms with Gasteiger partial charge in [0.2, 0.25) is 0 Å². The van der Waals surface area contributed by atoms with Crippen molar-refractivity contribution in [3.8, 4) is 6.07 Å². The standard InChI is InChI=1S/C25H18ClN3O/c26-22-11-5-6-12-23(22)28-25(30)19(15-27)14-20-17-29(16-18-8-2-1-3-9-18)24-13-7-4-10-21(20)24/h1-14,17H,16H2,(H,28,30)/b19-14-. The molecule has 0 atom stereocenters. The van der Waals surface area contributed by atoms with Gasteiger partial charge in [-0.15, -0.1) is 0 Å². The number of nitrogens with zero attached hydrogens (tertiary/aromatic N) is 2. The summed E-state index contributed by atoms with van der Waals surface area (Å²) in [5.41, 5.74) is 3.50. The number of halogens is 1. The highest BCUT2D eigenvalue weighted by Crippen LogP contribution is 2.26. The zero-order valence-electron chi connectivity index (χ0n) is 16.0. The summed E-state index contributed by atoms with van der Waals surface area (Å²) < 4.78 is 2.12. The van der Waals surface area contributed by atoms with Crippen LogP contribution >= 0.6 is 11.6 Å². The Bertz CT molecular complexity index is 1280. The molecule has 0 saturated carbocycles. The van der Waals surface area contributed by atoms with Crippen molar-refractivity contribution < 1.29 is 4.79 Å². The van der Waals surface area contributed by atoms with Gasteiger partial charge in [-0.05, 0) is 29.8 Å². The number of hydrogen-bond acceptors (Lipinski definition) is 2. The van der Waals surface area contributed by atoms with Crippen molar-refractivity contribution >= 4 is 40.2 Å². The van der Waals surface area contributed by atoms with Gasteiger partial charge in [0.15, 0.2) is 0 Å². The van der Waals surface area contributed by atoms with E-state index >= 15 is 0 Å². The Labute approximate surface area is 179 Å². The Morgan fingerprint density at radius 3 is 2.47 bits per heavy atom. The zero-order valence-corrected chi connectivity index (χ0v) is 16.8. The maximum Gasteiger partial charge on any atom is 0.266 e. The van der Waals surface area contributed by atoms with Gasteiger partial charge in [-0.1, -0.05) is 72.3 Å². The zero-order chi connectivity index (χ0) is 20.9. The lowest BCUT2D eigenvalue weighted by Crippen LogP contribution is -2.13. The monoisotopic (exact) mass is 411 g/mol. The average molecular weight is 412 g/mol. The van der Waals surface area contributed by atoms with Gasteiger partial charge in [-0.25, -0.2) is 0 Å². The van der Waals surface area contributed by atoms with Crippen LogP contribution in [0.1, 0.15) is 11.1 Å². The molecule has 4 nitrogen and oxygen atoms in total. The molecule has 4 aromatic rings. The Kier molecular flexibility index (Phi) is 5.65. The average Bonchev–Trinajstić information content (AvgIpc) is 3.11. The van der Waals surface area contributed by atoms with Crippen molar-refractivity contribution in [2.45, 2.75) is 6.54 Å². The molecule has 1 aromatic heterocycles. The van der Waals surface area contributed by atoms with Gasteiger partial charge < -0.3 is 9.88 Å². The van der Waals surface area contributed by atoms with Crippen molar-refractivity contribution in [1.29, 1.82) is 5.26 Å². The maximum atomic E-state index is 12.7. The minimum absolute atomic E-state index is 0.0116. The van der Waals surface area contributed by atoms with Gasteiger partial charge in [0.25, 0.3) is 5.91 Å². The fraction of sp³-hybridized carbons (Fsp3) is 0.0400. The summed E-state index contributed by atoms with van der Waals surface area (Å²) >= 11 is 6.11. The van der Waals surface area contributed by atoms with E-state index in [1.165, 1.54) is 5.56 Å². The van der Waals surface area contributed by atoms with E-state index in [2.05, 4.69) is 22.0 Å². The predicted molar refractivity (Wildman–Crippen MR) is 121 cm³/mol. The molecule has 146 valence electrons. The number of hydrogen-bond donors (Lipinski definition) is 1. The van der Waals surface area contributed by atoms with Gasteiger partial charge in [-0.2, -0.15) is 5.26 Å². The van der Waals surface area contributed by atoms with Crippen LogP contribution in [0.4, 0.5) is 5.69 Å². The quantitative estimate of drug-likeness (QED) is 0.329. The SMILES string of the molecule is N#C/C(=C/c1cn(Cc2ccccc2)c2ccccc12)C(=O)Nc1ccccc1Cl. The lowest BCUT2D eigenvalue weighted by atomic mass is 10.1. The van der Waals surface area contributed by atoms with E-state index in [9.17, 15) is 10.1 Å². The molecule has 0 aliphatic heterocycles. The molecule has 1 heterocycles. The second-order valence-electron chi connectivity index (χ2n) is 6.82. The number of rotatable bonds is 5. The molecule has 4 rings (SSSR count). The van der Waals surface area contributed by atoms with E-state index < -0.39 is 5.91 Å². The van der Waals surface area contributed by atoms with E-state index in [0.717, 1.165) is 16.5 Å². The first-order chi connectivity index (χ1) is 14.7. The largest absolute Gasteiger partial charge is 0.342 e. The van der Waals surface area contributed by atoms with Gasteiger partial charge in [0.1, 0.15) is 11.6 Å². The van der Waals surface area contributed by atoms with E-state index in [0.29, 0.717) is 17.3 Å². The van der Waals surface area contributed by atoms with Crippen molar-refractivity contribution in [3.63, 3.8) is 0 Å². The van der Waals surface area contributed by atoms with Crippen LogP contribution in [0.2, 0.25) is 5.02 Å². The van der Waals surface area contributed by atoms with Gasteiger partial charge in [-0.3, -0.25) is 4.79 Å². The molecule has 5 heteroatoms. The third-order valence-electron chi connectivity index (χ3n) is 4.80. The van der Waals surface area contributed by atoms with E-state index in [4.69, 9.17) is 11.6 Å². The number of nitriles is 1. The highest BCUT2D eigenvalue weighted by atomic mass is 35.5. The van der Waals surface area contributed by atoms with Crippen molar-refractivity contribution in [3.05, 3.63) is 107 Å². The molecular formula is C25H18ClN3O. The van der Waals surface area contributed by atoms with Crippen LogP contribution < -0.4 is 5.32 Å². The summed E-state index contributed by atoms with van der Waals surface area (Å²) in [5.74, 6) is -0.495. The van der Waals surface area contributed by atoms with Crippen molar-refractivity contribution in [1.82, 2.24) is 4.57 Å². The maximum absolute atomic E-state index is 12.7. The van der Waals surface area contributed by atoms with E-state index in [1.54, 1.807) is 30.3 Å². The number of amides is 1. The molecule has 0 aliphatic carbocycles. The fourth-order valence-corrected chi connectivity index (χ4v) is 3.54. The molecule has 0 radical (unpaired) electrons. The normalized spacial score (nSPS) is 11.3. The van der Waals surface area contributed by atoms with E-state index in [-0.39, 0.29) is 5.57 Å². The molecule has 0 fully saturated rings. The summed E-state index contributed by atoms with van der Waals surface area (Å²) in [5, 5.41) is 13.7. The number of para-hydroxylation sites is 2. The molecule has 0 unspecified atom stereocenters. The lowest BCUT2D eigenvalue weighted by Gasteiger charge is -2.05. The molecular weight excluding hydrogens is 394 g/mol.